The molecule has 7 N–H and O–H groups in total. The zero-order valence-electron chi connectivity index (χ0n) is 35.5. The molecule has 13 nitrogen and oxygen atoms in total. The van der Waals surface area contributed by atoms with E-state index in [2.05, 4.69) is 35.5 Å². The summed E-state index contributed by atoms with van der Waals surface area (Å²) >= 11 is 0. The summed E-state index contributed by atoms with van der Waals surface area (Å²) in [4.78, 5) is 13.1. The van der Waals surface area contributed by atoms with Crippen LogP contribution in [0.3, 0.4) is 0 Å². The smallest absolute Gasteiger partial charge is 0.394 e. The summed E-state index contributed by atoms with van der Waals surface area (Å²) in [5, 5.41) is 55.3. The lowest BCUT2D eigenvalue weighted by atomic mass is 9.99. The van der Waals surface area contributed by atoms with E-state index >= 15 is 0 Å². The SMILES string of the molecule is CCCCCCCC/C=C\CCCCCCCCC(O)C(=O)NC(COC1OC(CO)C(O)C(OS(=O)(=O)O)C1O)C(O)CCCCCCCCCCCCCC. The molecule has 0 aromatic heterocycles. The molecule has 0 radical (unpaired) electrons. The van der Waals surface area contributed by atoms with Gasteiger partial charge in [0.15, 0.2) is 6.29 Å². The van der Waals surface area contributed by atoms with E-state index in [1.807, 2.05) is 0 Å². The molecule has 0 bridgehead atoms. The fourth-order valence-corrected chi connectivity index (χ4v) is 7.79. The Hall–Kier alpha value is -1.20. The summed E-state index contributed by atoms with van der Waals surface area (Å²) in [5.41, 5.74) is 0. The predicted octanol–water partition coefficient (Wildman–Crippen LogP) is 7.36. The summed E-state index contributed by atoms with van der Waals surface area (Å²) in [6.07, 6.45) is 24.0. The number of carbonyl (C=O) groups is 1. The van der Waals surface area contributed by atoms with Gasteiger partial charge in [-0.15, -0.1) is 0 Å². The van der Waals surface area contributed by atoms with Crippen molar-refractivity contribution in [2.75, 3.05) is 13.2 Å². The van der Waals surface area contributed by atoms with E-state index in [0.717, 1.165) is 64.2 Å². The Morgan fingerprint density at radius 1 is 0.684 bits per heavy atom. The summed E-state index contributed by atoms with van der Waals surface area (Å²) in [7, 11) is -5.11. The number of allylic oxidation sites excluding steroid dienone is 2. The van der Waals surface area contributed by atoms with E-state index in [9.17, 15) is 38.7 Å². The third kappa shape index (κ3) is 27.3. The first-order valence-electron chi connectivity index (χ1n) is 22.7. The first-order chi connectivity index (χ1) is 27.4. The number of nitrogens with one attached hydrogen (secondary N) is 1. The lowest BCUT2D eigenvalue weighted by molar-refractivity contribution is -0.298. The largest absolute Gasteiger partial charge is 0.397 e. The van der Waals surface area contributed by atoms with E-state index in [0.29, 0.717) is 19.3 Å². The molecule has 0 spiro atoms. The van der Waals surface area contributed by atoms with Gasteiger partial charge in [0.1, 0.15) is 30.5 Å². The fraction of sp³-hybridized carbons (Fsp3) is 0.930. The van der Waals surface area contributed by atoms with Crippen molar-refractivity contribution < 1.29 is 57.0 Å². The number of carbonyl (C=O) groups excluding carboxylic acids is 1. The number of hydrogen-bond donors (Lipinski definition) is 7. The van der Waals surface area contributed by atoms with Crippen molar-refractivity contribution in [3.05, 3.63) is 12.2 Å². The van der Waals surface area contributed by atoms with Crippen LogP contribution in [0, 0.1) is 0 Å². The van der Waals surface area contributed by atoms with Gasteiger partial charge >= 0.3 is 10.4 Å². The van der Waals surface area contributed by atoms with Crippen LogP contribution in [-0.2, 0) is 28.9 Å². The van der Waals surface area contributed by atoms with Crippen LogP contribution in [0.25, 0.3) is 0 Å². The van der Waals surface area contributed by atoms with Crippen LogP contribution < -0.4 is 5.32 Å². The number of aliphatic hydroxyl groups is 5. The Morgan fingerprint density at radius 3 is 1.58 bits per heavy atom. The normalized spacial score (nSPS) is 21.9. The Morgan fingerprint density at radius 2 is 1.12 bits per heavy atom. The highest BCUT2D eigenvalue weighted by atomic mass is 32.3. The Balaban J connectivity index is 2.57. The number of unbranched alkanes of at least 4 members (excludes halogenated alkanes) is 23. The second-order valence-corrected chi connectivity index (χ2v) is 17.2. The summed E-state index contributed by atoms with van der Waals surface area (Å²) in [6, 6.07) is -1.03. The van der Waals surface area contributed by atoms with Gasteiger partial charge in [-0.05, 0) is 38.5 Å². The molecular formula is C43H83NO12S. The molecule has 1 amide bonds. The Kier molecular flexibility index (Phi) is 32.6. The van der Waals surface area contributed by atoms with Crippen LogP contribution in [-0.4, -0.2) is 107 Å². The molecule has 0 aromatic carbocycles. The maximum Gasteiger partial charge on any atom is 0.397 e. The lowest BCUT2D eigenvalue weighted by Crippen LogP contribution is -2.61. The van der Waals surface area contributed by atoms with Gasteiger partial charge in [-0.25, -0.2) is 4.18 Å². The van der Waals surface area contributed by atoms with Gasteiger partial charge in [-0.2, -0.15) is 8.42 Å². The number of amides is 1. The zero-order chi connectivity index (χ0) is 42.2. The minimum absolute atomic E-state index is 0.255. The topological polar surface area (TPSA) is 212 Å². The molecule has 1 rings (SSSR count). The van der Waals surface area contributed by atoms with Crippen molar-refractivity contribution >= 4 is 16.3 Å². The van der Waals surface area contributed by atoms with Crippen LogP contribution in [0.1, 0.15) is 194 Å². The van der Waals surface area contributed by atoms with Crippen LogP contribution in [0.2, 0.25) is 0 Å². The van der Waals surface area contributed by atoms with Crippen molar-refractivity contribution in [2.24, 2.45) is 0 Å². The molecule has 1 aliphatic rings. The van der Waals surface area contributed by atoms with E-state index in [-0.39, 0.29) is 6.42 Å². The summed E-state index contributed by atoms with van der Waals surface area (Å²) in [6.45, 7) is 3.25. The van der Waals surface area contributed by atoms with Gasteiger partial charge in [0.25, 0.3) is 0 Å². The third-order valence-electron chi connectivity index (χ3n) is 10.9. The Bertz CT molecular complexity index is 1100. The highest BCUT2D eigenvalue weighted by Gasteiger charge is 2.48. The number of aliphatic hydroxyl groups excluding tert-OH is 5. The molecule has 1 heterocycles. The van der Waals surface area contributed by atoms with Crippen LogP contribution in [0.15, 0.2) is 12.2 Å². The van der Waals surface area contributed by atoms with Crippen molar-refractivity contribution in [3.8, 4) is 0 Å². The third-order valence-corrected chi connectivity index (χ3v) is 11.4. The average molecular weight is 838 g/mol. The maximum atomic E-state index is 13.1. The van der Waals surface area contributed by atoms with Crippen LogP contribution >= 0.6 is 0 Å². The van der Waals surface area contributed by atoms with Crippen molar-refractivity contribution in [1.29, 1.82) is 0 Å². The van der Waals surface area contributed by atoms with Gasteiger partial charge < -0.3 is 40.3 Å². The molecule has 1 aliphatic heterocycles. The second-order valence-electron chi connectivity index (χ2n) is 16.1. The predicted molar refractivity (Wildman–Crippen MR) is 224 cm³/mol. The molecule has 8 atom stereocenters. The minimum atomic E-state index is -5.11. The van der Waals surface area contributed by atoms with Gasteiger partial charge in [-0.1, -0.05) is 167 Å². The molecule has 0 aromatic rings. The molecule has 0 saturated carbocycles. The van der Waals surface area contributed by atoms with Gasteiger partial charge in [0.2, 0.25) is 5.91 Å². The highest BCUT2D eigenvalue weighted by Crippen LogP contribution is 2.26. The minimum Gasteiger partial charge on any atom is -0.394 e. The first-order valence-corrected chi connectivity index (χ1v) is 24.0. The van der Waals surface area contributed by atoms with E-state index < -0.39 is 78.5 Å². The fourth-order valence-electron chi connectivity index (χ4n) is 7.28. The quantitative estimate of drug-likeness (QED) is 0.0185. The molecule has 14 heteroatoms. The molecule has 1 fully saturated rings. The van der Waals surface area contributed by atoms with Gasteiger partial charge in [0.05, 0.1) is 25.4 Å². The first kappa shape index (κ1) is 53.8. The van der Waals surface area contributed by atoms with E-state index in [1.165, 1.54) is 89.9 Å². The van der Waals surface area contributed by atoms with E-state index in [1.54, 1.807) is 0 Å². The zero-order valence-corrected chi connectivity index (χ0v) is 36.3. The molecular weight excluding hydrogens is 755 g/mol. The van der Waals surface area contributed by atoms with Crippen LogP contribution in [0.5, 0.6) is 0 Å². The van der Waals surface area contributed by atoms with Crippen LogP contribution in [0.4, 0.5) is 0 Å². The Labute approximate surface area is 345 Å². The second kappa shape index (κ2) is 34.5. The van der Waals surface area contributed by atoms with Crippen molar-refractivity contribution in [3.63, 3.8) is 0 Å². The lowest BCUT2D eigenvalue weighted by Gasteiger charge is -2.41. The monoisotopic (exact) mass is 838 g/mol. The van der Waals surface area contributed by atoms with Crippen molar-refractivity contribution in [2.45, 2.75) is 243 Å². The maximum absolute atomic E-state index is 13.1. The average Bonchev–Trinajstić information content (AvgIpc) is 3.18. The number of hydrogen-bond acceptors (Lipinski definition) is 11. The number of ether oxygens (including phenoxy) is 2. The molecule has 57 heavy (non-hydrogen) atoms. The molecule has 338 valence electrons. The van der Waals surface area contributed by atoms with Crippen molar-refractivity contribution in [1.82, 2.24) is 5.32 Å². The van der Waals surface area contributed by atoms with Gasteiger partial charge in [-0.3, -0.25) is 9.35 Å². The molecule has 8 unspecified atom stereocenters. The highest BCUT2D eigenvalue weighted by molar-refractivity contribution is 7.80. The molecule has 0 aliphatic carbocycles. The number of rotatable bonds is 38. The summed E-state index contributed by atoms with van der Waals surface area (Å²) in [5.74, 6) is -0.675. The standard InChI is InChI=1S/C43H83NO12S/c1-3-5-7-9-11-13-15-17-18-19-20-22-24-26-28-30-32-37(47)42(50)44-35(36(46)31-29-27-25-23-21-16-14-12-10-8-6-4-2)34-54-43-40(49)41(56-57(51,52)53)39(48)38(33-45)55-43/h17-18,35-41,43,45-49H,3-16,19-34H2,1-2H3,(H,44,50)(H,51,52,53)/b18-17-. The molecule has 1 saturated heterocycles. The summed E-state index contributed by atoms with van der Waals surface area (Å²) < 4.78 is 47.5. The van der Waals surface area contributed by atoms with Gasteiger partial charge in [0, 0.05) is 0 Å². The van der Waals surface area contributed by atoms with E-state index in [4.69, 9.17) is 14.0 Å².